The molecule has 0 atom stereocenters. The van der Waals surface area contributed by atoms with Gasteiger partial charge in [-0.3, -0.25) is 4.79 Å². The van der Waals surface area contributed by atoms with E-state index in [0.717, 1.165) is 42.8 Å². The Labute approximate surface area is 221 Å². The second kappa shape index (κ2) is 10.9. The van der Waals surface area contributed by atoms with Crippen molar-refractivity contribution in [2.75, 3.05) is 34.4 Å². The number of halogens is 1. The molecule has 2 aliphatic heterocycles. The Hall–Kier alpha value is -3.82. The number of amides is 1. The van der Waals surface area contributed by atoms with Crippen LogP contribution in [-0.2, 0) is 17.9 Å². The number of benzene rings is 3. The van der Waals surface area contributed by atoms with Crippen molar-refractivity contribution >= 4 is 5.91 Å². The zero-order valence-corrected chi connectivity index (χ0v) is 21.7. The lowest BCUT2D eigenvalue weighted by Gasteiger charge is -2.41. The average Bonchev–Trinajstić information content (AvgIpc) is 2.95. The molecule has 5 rings (SSSR count). The molecule has 3 aromatic carbocycles. The molecule has 2 aliphatic rings. The lowest BCUT2D eigenvalue weighted by atomic mass is 9.98. The summed E-state index contributed by atoms with van der Waals surface area (Å²) in [4.78, 5) is 13.0. The number of fused-ring (bicyclic) bond motifs is 1. The van der Waals surface area contributed by atoms with Crippen LogP contribution >= 0.6 is 0 Å². The summed E-state index contributed by atoms with van der Waals surface area (Å²) in [5.74, 6) is 0.484. The van der Waals surface area contributed by atoms with E-state index in [-0.39, 0.29) is 12.1 Å². The van der Waals surface area contributed by atoms with Gasteiger partial charge < -0.3 is 34.3 Å². The summed E-state index contributed by atoms with van der Waals surface area (Å²) in [7, 11) is 4.56. The number of hydrogen-bond acceptors (Lipinski definition) is 7. The van der Waals surface area contributed by atoms with Crippen LogP contribution in [-0.4, -0.2) is 46.1 Å². The van der Waals surface area contributed by atoms with E-state index in [0.29, 0.717) is 35.0 Å². The number of ether oxygens (including phenoxy) is 5. The molecule has 1 saturated heterocycles. The van der Waals surface area contributed by atoms with E-state index in [1.807, 2.05) is 18.2 Å². The van der Waals surface area contributed by atoms with Gasteiger partial charge in [0.05, 0.1) is 33.5 Å². The second-order valence-corrected chi connectivity index (χ2v) is 9.28. The van der Waals surface area contributed by atoms with Gasteiger partial charge in [0.15, 0.2) is 11.5 Å². The fraction of sp³-hybridized carbons (Fsp3) is 0.345. The minimum atomic E-state index is -0.603. The van der Waals surface area contributed by atoms with Crippen LogP contribution in [0.5, 0.6) is 23.0 Å². The third-order valence-electron chi connectivity index (χ3n) is 6.93. The number of methoxy groups -OCH3 is 3. The first kappa shape index (κ1) is 25.8. The number of carbonyl (C=O) groups is 1. The maximum atomic E-state index is 14.7. The molecule has 1 spiro atoms. The molecule has 9 heteroatoms. The third-order valence-corrected chi connectivity index (χ3v) is 6.93. The van der Waals surface area contributed by atoms with Crippen LogP contribution in [0.3, 0.4) is 0 Å². The van der Waals surface area contributed by atoms with Crippen molar-refractivity contribution in [2.45, 2.75) is 31.8 Å². The highest BCUT2D eigenvalue weighted by atomic mass is 19.1. The summed E-state index contributed by atoms with van der Waals surface area (Å²) in [5, 5.41) is 6.11. The predicted octanol–water partition coefficient (Wildman–Crippen LogP) is 4.44. The fourth-order valence-corrected chi connectivity index (χ4v) is 4.86. The van der Waals surface area contributed by atoms with Gasteiger partial charge >= 0.3 is 0 Å². The van der Waals surface area contributed by atoms with Gasteiger partial charge in [-0.2, -0.15) is 0 Å². The van der Waals surface area contributed by atoms with E-state index in [4.69, 9.17) is 23.7 Å². The lowest BCUT2D eigenvalue weighted by molar-refractivity contribution is -0.218. The van der Waals surface area contributed by atoms with E-state index >= 15 is 0 Å². The number of hydrogen-bond donors (Lipinski definition) is 2. The van der Waals surface area contributed by atoms with Gasteiger partial charge in [-0.1, -0.05) is 12.1 Å². The minimum absolute atomic E-state index is 0.0474. The summed E-state index contributed by atoms with van der Waals surface area (Å²) in [6, 6.07) is 13.8. The quantitative estimate of drug-likeness (QED) is 0.475. The number of rotatable bonds is 7. The first-order valence-electron chi connectivity index (χ1n) is 12.5. The molecule has 0 unspecified atom stereocenters. The molecule has 0 saturated carbocycles. The van der Waals surface area contributed by atoms with Gasteiger partial charge in [-0.05, 0) is 53.1 Å². The molecule has 0 aromatic heterocycles. The summed E-state index contributed by atoms with van der Waals surface area (Å²) in [6.45, 7) is 2.29. The van der Waals surface area contributed by atoms with Crippen LogP contribution < -0.4 is 29.6 Å². The van der Waals surface area contributed by atoms with Crippen LogP contribution in [0.4, 0.5) is 4.39 Å². The molecular weight excluding hydrogens is 491 g/mol. The van der Waals surface area contributed by atoms with Crippen LogP contribution in [0.1, 0.15) is 34.3 Å². The number of carbonyl (C=O) groups excluding carboxylic acids is 1. The maximum Gasteiger partial charge on any atom is 0.254 e. The Bertz CT molecular complexity index is 1310. The topological polar surface area (TPSA) is 87.3 Å². The fourth-order valence-electron chi connectivity index (χ4n) is 4.86. The molecule has 1 amide bonds. The first-order chi connectivity index (χ1) is 18.4. The molecular formula is C29H31FN2O6. The summed E-state index contributed by atoms with van der Waals surface area (Å²) in [6.07, 6.45) is 1.58. The number of nitrogens with one attached hydrogen (secondary N) is 2. The van der Waals surface area contributed by atoms with Crippen molar-refractivity contribution in [3.05, 3.63) is 71.0 Å². The molecule has 0 bridgehead atoms. The molecule has 2 N–H and O–H groups in total. The average molecular weight is 523 g/mol. The second-order valence-electron chi connectivity index (χ2n) is 9.28. The van der Waals surface area contributed by atoms with Crippen LogP contribution in [0.25, 0.3) is 11.1 Å². The van der Waals surface area contributed by atoms with Gasteiger partial charge in [0.2, 0.25) is 11.5 Å². The lowest BCUT2D eigenvalue weighted by Crippen LogP contribution is -2.49. The molecule has 2 heterocycles. The van der Waals surface area contributed by atoms with Crippen molar-refractivity contribution in [2.24, 2.45) is 0 Å². The summed E-state index contributed by atoms with van der Waals surface area (Å²) < 4.78 is 43.1. The standard InChI is InChI=1S/C29H31FN2O6/c1-34-25-12-18(13-26(35-2)27(25)36-3)16-32-28(33)22-15-20(4-6-23(22)30)19-5-7-24-21(14-19)17-37-29(38-24)8-10-31-11-9-29/h4-7,12-15,31H,8-11,16-17H2,1-3H3,(H,32,33). The van der Waals surface area contributed by atoms with E-state index in [1.54, 1.807) is 24.3 Å². The number of piperidine rings is 1. The third kappa shape index (κ3) is 5.12. The van der Waals surface area contributed by atoms with Crippen LogP contribution in [0, 0.1) is 5.82 Å². The smallest absolute Gasteiger partial charge is 0.254 e. The molecule has 200 valence electrons. The monoisotopic (exact) mass is 522 g/mol. The van der Waals surface area contributed by atoms with Crippen molar-refractivity contribution in [1.29, 1.82) is 0 Å². The highest BCUT2D eigenvalue weighted by molar-refractivity contribution is 5.95. The van der Waals surface area contributed by atoms with Crippen molar-refractivity contribution in [3.63, 3.8) is 0 Å². The van der Waals surface area contributed by atoms with Crippen molar-refractivity contribution in [3.8, 4) is 34.1 Å². The van der Waals surface area contributed by atoms with Gasteiger partial charge in [0.25, 0.3) is 5.91 Å². The van der Waals surface area contributed by atoms with E-state index < -0.39 is 17.5 Å². The Morgan fingerprint density at radius 1 is 0.974 bits per heavy atom. The van der Waals surface area contributed by atoms with E-state index in [9.17, 15) is 9.18 Å². The molecule has 1 fully saturated rings. The Balaban J connectivity index is 1.33. The highest BCUT2D eigenvalue weighted by Gasteiger charge is 2.38. The van der Waals surface area contributed by atoms with Crippen molar-refractivity contribution < 1.29 is 32.9 Å². The molecule has 0 radical (unpaired) electrons. The first-order valence-corrected chi connectivity index (χ1v) is 12.5. The Kier molecular flexibility index (Phi) is 7.40. The normalized spacial score (nSPS) is 15.8. The van der Waals surface area contributed by atoms with Gasteiger partial charge in [0, 0.05) is 38.0 Å². The zero-order chi connectivity index (χ0) is 26.7. The molecule has 8 nitrogen and oxygen atoms in total. The van der Waals surface area contributed by atoms with E-state index in [2.05, 4.69) is 10.6 Å². The molecule has 3 aromatic rings. The van der Waals surface area contributed by atoms with Crippen LogP contribution in [0.2, 0.25) is 0 Å². The predicted molar refractivity (Wildman–Crippen MR) is 139 cm³/mol. The van der Waals surface area contributed by atoms with Crippen molar-refractivity contribution in [1.82, 2.24) is 10.6 Å². The van der Waals surface area contributed by atoms with Gasteiger partial charge in [0.1, 0.15) is 11.6 Å². The summed E-state index contributed by atoms with van der Waals surface area (Å²) in [5.41, 5.74) is 3.15. The SMILES string of the molecule is COc1cc(CNC(=O)c2cc(-c3ccc4c(c3)COC3(CCNCC3)O4)ccc2F)cc(OC)c1OC. The Morgan fingerprint density at radius 3 is 2.34 bits per heavy atom. The maximum absolute atomic E-state index is 14.7. The Morgan fingerprint density at radius 2 is 1.66 bits per heavy atom. The van der Waals surface area contributed by atoms with Gasteiger partial charge in [-0.15, -0.1) is 0 Å². The van der Waals surface area contributed by atoms with Crippen LogP contribution in [0.15, 0.2) is 48.5 Å². The van der Waals surface area contributed by atoms with Gasteiger partial charge in [-0.25, -0.2) is 4.39 Å². The zero-order valence-electron chi connectivity index (χ0n) is 21.7. The largest absolute Gasteiger partial charge is 0.493 e. The molecule has 38 heavy (non-hydrogen) atoms. The minimum Gasteiger partial charge on any atom is -0.493 e. The highest BCUT2D eigenvalue weighted by Crippen LogP contribution is 2.39. The van der Waals surface area contributed by atoms with E-state index in [1.165, 1.54) is 27.4 Å². The molecule has 0 aliphatic carbocycles. The summed E-state index contributed by atoms with van der Waals surface area (Å²) >= 11 is 0.